The van der Waals surface area contributed by atoms with Crippen molar-refractivity contribution in [2.24, 2.45) is 5.73 Å². The van der Waals surface area contributed by atoms with E-state index in [4.69, 9.17) is 10.5 Å². The van der Waals surface area contributed by atoms with Gasteiger partial charge in [-0.15, -0.1) is 11.3 Å². The highest BCUT2D eigenvalue weighted by Crippen LogP contribution is 2.25. The zero-order chi connectivity index (χ0) is 19.9. The molecule has 3 rings (SSSR count). The third kappa shape index (κ3) is 4.76. The molecule has 6 nitrogen and oxygen atoms in total. The number of thiophene rings is 1. The molecular formula is C21H21N3O3S. The molecule has 0 aliphatic carbocycles. The summed E-state index contributed by atoms with van der Waals surface area (Å²) in [7, 11) is 1.62. The second-order valence-electron chi connectivity index (χ2n) is 6.07. The number of benzene rings is 2. The summed E-state index contributed by atoms with van der Waals surface area (Å²) in [5.41, 5.74) is 7.68. The lowest BCUT2D eigenvalue weighted by Gasteiger charge is -2.20. The van der Waals surface area contributed by atoms with Crippen molar-refractivity contribution in [3.8, 4) is 5.75 Å². The predicted octanol–water partition coefficient (Wildman–Crippen LogP) is 3.17. The average molecular weight is 395 g/mol. The summed E-state index contributed by atoms with van der Waals surface area (Å²) in [4.78, 5) is 23.8. The Morgan fingerprint density at radius 3 is 2.36 bits per heavy atom. The number of rotatable bonds is 8. The molecule has 0 radical (unpaired) electrons. The zero-order valence-corrected chi connectivity index (χ0v) is 16.2. The Morgan fingerprint density at radius 2 is 1.71 bits per heavy atom. The fourth-order valence-electron chi connectivity index (χ4n) is 2.84. The van der Waals surface area contributed by atoms with Crippen LogP contribution in [0.5, 0.6) is 5.75 Å². The van der Waals surface area contributed by atoms with Crippen LogP contribution in [0.15, 0.2) is 66.0 Å². The molecule has 2 amide bonds. The van der Waals surface area contributed by atoms with E-state index in [1.807, 2.05) is 54.6 Å². The quantitative estimate of drug-likeness (QED) is 0.546. The number of nitrogens with two attached hydrogens (primary N) is 1. The van der Waals surface area contributed by atoms with Gasteiger partial charge >= 0.3 is 0 Å². The van der Waals surface area contributed by atoms with Crippen molar-refractivity contribution < 1.29 is 14.3 Å². The number of carbonyl (C=O) groups excluding carboxylic acids is 2. The maximum atomic E-state index is 12.4. The first-order chi connectivity index (χ1) is 13.6. The Balaban J connectivity index is 1.73. The van der Waals surface area contributed by atoms with Gasteiger partial charge in [-0.1, -0.05) is 42.5 Å². The molecule has 3 aromatic rings. The smallest absolute Gasteiger partial charge is 0.251 e. The van der Waals surface area contributed by atoms with Gasteiger partial charge in [0.1, 0.15) is 10.8 Å². The largest absolute Gasteiger partial charge is 0.497 e. The normalized spacial score (nSPS) is 11.6. The molecule has 28 heavy (non-hydrogen) atoms. The molecule has 0 unspecified atom stereocenters. The number of primary amides is 1. The van der Waals surface area contributed by atoms with Crippen molar-refractivity contribution in [3.63, 3.8) is 0 Å². The highest BCUT2D eigenvalue weighted by atomic mass is 32.1. The minimum atomic E-state index is -0.565. The Morgan fingerprint density at radius 1 is 1.04 bits per heavy atom. The van der Waals surface area contributed by atoms with Gasteiger partial charge in [-0.3, -0.25) is 14.9 Å². The standard InChI is InChI=1S/C21H21N3O3S/c1-27-16-9-7-15(8-10-16)19(14-5-3-2-4-6-14)23-13-18(25)24-21-17(20(22)26)11-12-28-21/h2-12,19,23H,13H2,1H3,(H2,22,26)(H,24,25)/t19-/m1/s1. The second-order valence-corrected chi connectivity index (χ2v) is 6.99. The third-order valence-electron chi connectivity index (χ3n) is 4.23. The lowest BCUT2D eigenvalue weighted by atomic mass is 9.98. The molecule has 0 aliphatic heterocycles. The zero-order valence-electron chi connectivity index (χ0n) is 15.3. The summed E-state index contributed by atoms with van der Waals surface area (Å²) in [6, 6.07) is 19.0. The molecule has 1 aromatic heterocycles. The highest BCUT2D eigenvalue weighted by molar-refractivity contribution is 7.14. The molecule has 0 saturated heterocycles. The second kappa shape index (κ2) is 9.16. The van der Waals surface area contributed by atoms with Crippen LogP contribution < -0.4 is 21.1 Å². The topological polar surface area (TPSA) is 93.4 Å². The van der Waals surface area contributed by atoms with E-state index in [-0.39, 0.29) is 18.5 Å². The molecule has 0 aliphatic rings. The van der Waals surface area contributed by atoms with E-state index < -0.39 is 5.91 Å². The molecule has 0 bridgehead atoms. The molecule has 0 saturated carbocycles. The number of ether oxygens (including phenoxy) is 1. The summed E-state index contributed by atoms with van der Waals surface area (Å²) in [5, 5.41) is 8.20. The Bertz CT molecular complexity index is 939. The molecule has 0 spiro atoms. The summed E-state index contributed by atoms with van der Waals surface area (Å²) in [6.07, 6.45) is 0. The van der Waals surface area contributed by atoms with Crippen molar-refractivity contribution in [3.05, 3.63) is 82.7 Å². The van der Waals surface area contributed by atoms with Crippen LogP contribution in [0, 0.1) is 0 Å². The number of carbonyl (C=O) groups is 2. The minimum Gasteiger partial charge on any atom is -0.497 e. The Kier molecular flexibility index (Phi) is 6.41. The lowest BCUT2D eigenvalue weighted by molar-refractivity contribution is -0.115. The van der Waals surface area contributed by atoms with E-state index in [1.165, 1.54) is 11.3 Å². The van der Waals surface area contributed by atoms with Gasteiger partial charge in [-0.05, 0) is 34.7 Å². The van der Waals surface area contributed by atoms with Gasteiger partial charge in [0.05, 0.1) is 25.3 Å². The van der Waals surface area contributed by atoms with Gasteiger partial charge in [0, 0.05) is 0 Å². The van der Waals surface area contributed by atoms with Crippen LogP contribution in [0.25, 0.3) is 0 Å². The number of amides is 2. The minimum absolute atomic E-state index is 0.0711. The van der Waals surface area contributed by atoms with Crippen LogP contribution >= 0.6 is 11.3 Å². The van der Waals surface area contributed by atoms with Gasteiger partial charge < -0.3 is 15.8 Å². The first kappa shape index (κ1) is 19.6. The maximum Gasteiger partial charge on any atom is 0.251 e. The number of methoxy groups -OCH3 is 1. The third-order valence-corrected chi connectivity index (χ3v) is 5.06. The first-order valence-electron chi connectivity index (χ1n) is 8.68. The van der Waals surface area contributed by atoms with Crippen molar-refractivity contribution in [2.45, 2.75) is 6.04 Å². The van der Waals surface area contributed by atoms with Gasteiger partial charge in [-0.2, -0.15) is 0 Å². The predicted molar refractivity (Wildman–Crippen MR) is 111 cm³/mol. The van der Waals surface area contributed by atoms with Crippen molar-refractivity contribution >= 4 is 28.2 Å². The van der Waals surface area contributed by atoms with Gasteiger partial charge in [0.2, 0.25) is 5.91 Å². The fourth-order valence-corrected chi connectivity index (χ4v) is 3.64. The molecule has 144 valence electrons. The fraction of sp³-hybridized carbons (Fsp3) is 0.143. The van der Waals surface area contributed by atoms with Gasteiger partial charge in [0.25, 0.3) is 5.91 Å². The molecule has 0 fully saturated rings. The van der Waals surface area contributed by atoms with Crippen LogP contribution in [0.3, 0.4) is 0 Å². The summed E-state index contributed by atoms with van der Waals surface area (Å²) >= 11 is 1.26. The molecule has 1 heterocycles. The van der Waals surface area contributed by atoms with Crippen LogP contribution in [0.1, 0.15) is 27.5 Å². The molecule has 2 aromatic carbocycles. The van der Waals surface area contributed by atoms with Crippen LogP contribution in [0.4, 0.5) is 5.00 Å². The van der Waals surface area contributed by atoms with E-state index in [2.05, 4.69) is 10.6 Å². The van der Waals surface area contributed by atoms with E-state index >= 15 is 0 Å². The number of anilines is 1. The molecule has 4 N–H and O–H groups in total. The van der Waals surface area contributed by atoms with E-state index in [9.17, 15) is 9.59 Å². The van der Waals surface area contributed by atoms with Crippen LogP contribution in [0.2, 0.25) is 0 Å². The highest BCUT2D eigenvalue weighted by Gasteiger charge is 2.17. The van der Waals surface area contributed by atoms with Gasteiger partial charge in [0.15, 0.2) is 0 Å². The molecule has 7 heteroatoms. The average Bonchev–Trinajstić information content (AvgIpc) is 3.18. The summed E-state index contributed by atoms with van der Waals surface area (Å²) < 4.78 is 5.22. The number of hydrogen-bond acceptors (Lipinski definition) is 5. The van der Waals surface area contributed by atoms with E-state index in [0.29, 0.717) is 10.6 Å². The molecular weight excluding hydrogens is 374 g/mol. The summed E-state index contributed by atoms with van der Waals surface area (Å²) in [5.74, 6) is -0.0470. The summed E-state index contributed by atoms with van der Waals surface area (Å²) in [6.45, 7) is 0.0711. The van der Waals surface area contributed by atoms with Crippen LogP contribution in [-0.2, 0) is 4.79 Å². The first-order valence-corrected chi connectivity index (χ1v) is 9.56. The van der Waals surface area contributed by atoms with Gasteiger partial charge in [-0.25, -0.2) is 0 Å². The maximum absolute atomic E-state index is 12.4. The lowest BCUT2D eigenvalue weighted by Crippen LogP contribution is -2.32. The monoisotopic (exact) mass is 395 g/mol. The Labute approximate surface area is 167 Å². The van der Waals surface area contributed by atoms with E-state index in [1.54, 1.807) is 18.6 Å². The van der Waals surface area contributed by atoms with Crippen molar-refractivity contribution in [1.82, 2.24) is 5.32 Å². The number of nitrogens with one attached hydrogen (secondary N) is 2. The van der Waals surface area contributed by atoms with Crippen molar-refractivity contribution in [2.75, 3.05) is 19.0 Å². The van der Waals surface area contributed by atoms with Crippen molar-refractivity contribution in [1.29, 1.82) is 0 Å². The van der Waals surface area contributed by atoms with E-state index in [0.717, 1.165) is 16.9 Å². The number of hydrogen-bond donors (Lipinski definition) is 3. The SMILES string of the molecule is COc1ccc([C@H](NCC(=O)Nc2sccc2C(N)=O)c2ccccc2)cc1. The Hall–Kier alpha value is -3.16. The molecule has 1 atom stereocenters. The van der Waals surface area contributed by atoms with Crippen LogP contribution in [-0.4, -0.2) is 25.5 Å².